The summed E-state index contributed by atoms with van der Waals surface area (Å²) in [6, 6.07) is 3.73. The van der Waals surface area contributed by atoms with Crippen LogP contribution in [0, 0.1) is 0 Å². The van der Waals surface area contributed by atoms with Gasteiger partial charge in [0.15, 0.2) is 0 Å². The fourth-order valence-corrected chi connectivity index (χ4v) is 7.82. The Morgan fingerprint density at radius 2 is 0.594 bits per heavy atom. The Labute approximate surface area is 345 Å². The van der Waals surface area contributed by atoms with Crippen molar-refractivity contribution < 1.29 is 73.1 Å². The van der Waals surface area contributed by atoms with Crippen molar-refractivity contribution in [1.29, 1.82) is 0 Å². The predicted molar refractivity (Wildman–Crippen MR) is 202 cm³/mol. The van der Waals surface area contributed by atoms with Gasteiger partial charge in [0.2, 0.25) is 10.8 Å². The highest BCUT2D eigenvalue weighted by molar-refractivity contribution is 5.98. The van der Waals surface area contributed by atoms with Gasteiger partial charge in [-0.3, -0.25) is 19.2 Å². The van der Waals surface area contributed by atoms with Gasteiger partial charge in [-0.05, 0) is 82.9 Å². The molecule has 0 saturated carbocycles. The number of anilines is 2. The molecule has 12 nitrogen and oxygen atoms in total. The van der Waals surface area contributed by atoms with Crippen LogP contribution >= 0.6 is 0 Å². The molecule has 0 unspecified atom stereocenters. The van der Waals surface area contributed by atoms with E-state index >= 15 is 0 Å². The lowest BCUT2D eigenvalue weighted by Gasteiger charge is -2.38. The summed E-state index contributed by atoms with van der Waals surface area (Å²) < 4.78 is 179. The van der Waals surface area contributed by atoms with E-state index in [1.165, 1.54) is 0 Å². The Bertz CT molecular complexity index is 2980. The molecule has 8 N–H and O–H groups in total. The van der Waals surface area contributed by atoms with E-state index in [0.29, 0.717) is 36.4 Å². The second-order valence-electron chi connectivity index (χ2n) is 14.3. The number of benzene rings is 5. The molecule has 2 aromatic heterocycles. The van der Waals surface area contributed by atoms with Crippen LogP contribution in [0.15, 0.2) is 104 Å². The minimum absolute atomic E-state index is 0.0109. The van der Waals surface area contributed by atoms with Gasteiger partial charge in [0.05, 0.1) is 44.3 Å². The molecule has 0 spiro atoms. The Kier molecular flexibility index (Phi) is 9.66. The first kappa shape index (κ1) is 44.4. The Morgan fingerprint density at radius 1 is 0.359 bits per heavy atom. The summed E-state index contributed by atoms with van der Waals surface area (Å²) in [6.07, 6.45) is -25.1. The van der Waals surface area contributed by atoms with Gasteiger partial charge in [-0.2, -0.15) is 52.7 Å². The molecule has 24 heteroatoms. The number of aromatic nitrogens is 2. The second kappa shape index (κ2) is 13.9. The maximum absolute atomic E-state index is 14.9. The van der Waals surface area contributed by atoms with Crippen molar-refractivity contribution in [3.05, 3.63) is 149 Å². The fraction of sp³-hybridized carbons (Fsp3) is 0.150. The standard InChI is InChI=1S/C40H22F12N4O8/c41-37(42,43)35(38(44,45)46,15-1-5-27(57)23(53)9-15)17-3-7-29(59)25(11-17)55-31(61)19-13-21-22(14-20(19)32(55)62)34(64)56(33(21)63)26-12-18(4-8-30(26)60)36(39(47,48)49,40(50,51)52)16-2-6-28(58)24(54)10-16/h1-14,57-60H,53-54H2. The molecule has 5 aromatic carbocycles. The number of hydrogen-bond donors (Lipinski definition) is 6. The minimum atomic E-state index is -6.28. The van der Waals surface area contributed by atoms with Gasteiger partial charge in [0.25, 0.3) is 22.2 Å². The van der Waals surface area contributed by atoms with E-state index in [4.69, 9.17) is 11.5 Å². The quantitative estimate of drug-likeness (QED) is 0.0591. The lowest BCUT2D eigenvalue weighted by atomic mass is 9.72. The average molecular weight is 915 g/mol. The van der Waals surface area contributed by atoms with Crippen LogP contribution in [-0.4, -0.2) is 54.3 Å². The monoisotopic (exact) mass is 914 g/mol. The van der Waals surface area contributed by atoms with Gasteiger partial charge < -0.3 is 31.9 Å². The summed E-state index contributed by atoms with van der Waals surface area (Å²) in [4.78, 5) is 55.2. The number of nitrogen functional groups attached to an aromatic ring is 2. The highest BCUT2D eigenvalue weighted by Gasteiger charge is 2.74. The smallest absolute Gasteiger partial charge is 0.411 e. The third-order valence-corrected chi connectivity index (χ3v) is 10.8. The third kappa shape index (κ3) is 6.01. The van der Waals surface area contributed by atoms with Gasteiger partial charge in [0, 0.05) is 0 Å². The summed E-state index contributed by atoms with van der Waals surface area (Å²) in [6.45, 7) is 0. The number of nitrogens with two attached hydrogens (primary N) is 2. The second-order valence-corrected chi connectivity index (χ2v) is 14.3. The summed E-state index contributed by atoms with van der Waals surface area (Å²) in [7, 11) is 0. The van der Waals surface area contributed by atoms with E-state index in [1.54, 1.807) is 0 Å². The molecule has 0 fully saturated rings. The fourth-order valence-electron chi connectivity index (χ4n) is 7.82. The Hall–Kier alpha value is -7.66. The van der Waals surface area contributed by atoms with Crippen LogP contribution in [-0.2, 0) is 10.8 Å². The number of aromatic hydroxyl groups is 4. The number of fused-ring (bicyclic) bond motifs is 2. The third-order valence-electron chi connectivity index (χ3n) is 10.8. The van der Waals surface area contributed by atoms with E-state index in [9.17, 15) is 92.3 Å². The van der Waals surface area contributed by atoms with Gasteiger partial charge >= 0.3 is 24.7 Å². The van der Waals surface area contributed by atoms with Crippen molar-refractivity contribution >= 4 is 32.9 Å². The van der Waals surface area contributed by atoms with Gasteiger partial charge in [-0.25, -0.2) is 9.13 Å². The molecule has 64 heavy (non-hydrogen) atoms. The number of halogens is 12. The minimum Gasteiger partial charge on any atom is -0.506 e. The van der Waals surface area contributed by atoms with Gasteiger partial charge in [0.1, 0.15) is 23.0 Å². The molecule has 0 amide bonds. The molecule has 2 heterocycles. The molecule has 0 aliphatic carbocycles. The summed E-state index contributed by atoms with van der Waals surface area (Å²) >= 11 is 0. The maximum Gasteiger partial charge on any atom is 0.411 e. The topological polar surface area (TPSA) is 211 Å². The molecule has 0 aliphatic rings. The lowest BCUT2D eigenvalue weighted by molar-refractivity contribution is -0.290. The van der Waals surface area contributed by atoms with Crippen molar-refractivity contribution in [2.75, 3.05) is 11.5 Å². The zero-order chi connectivity index (χ0) is 47.6. The number of rotatable bonds is 6. The largest absolute Gasteiger partial charge is 0.506 e. The zero-order valence-corrected chi connectivity index (χ0v) is 31.1. The zero-order valence-electron chi connectivity index (χ0n) is 31.1. The first-order valence-corrected chi connectivity index (χ1v) is 17.5. The van der Waals surface area contributed by atoms with Crippen molar-refractivity contribution in [2.24, 2.45) is 0 Å². The predicted octanol–water partition coefficient (Wildman–Crippen LogP) is 6.70. The van der Waals surface area contributed by atoms with Crippen LogP contribution in [0.3, 0.4) is 0 Å². The highest BCUT2D eigenvalue weighted by Crippen LogP contribution is 2.59. The summed E-state index contributed by atoms with van der Waals surface area (Å²) in [5, 5.41) is 37.3. The summed E-state index contributed by atoms with van der Waals surface area (Å²) in [5.74, 6) is -4.27. The SMILES string of the molecule is Nc1cc(C(c2ccc(O)c(-n3c(=O)c4cc5c(=O)n(-c6cc(C(c7ccc(O)c(N)c7)(C(F)(F)F)C(F)(F)F)ccc6O)c(=O)c5cc4c3=O)c2)(C(F)(F)F)C(F)(F)F)ccc1O. The van der Waals surface area contributed by atoms with E-state index < -0.39 is 147 Å². The van der Waals surface area contributed by atoms with Crippen LogP contribution in [0.4, 0.5) is 64.1 Å². The molecular weight excluding hydrogens is 892 g/mol. The van der Waals surface area contributed by atoms with Crippen molar-refractivity contribution in [1.82, 2.24) is 9.13 Å². The van der Waals surface area contributed by atoms with E-state index in [-0.39, 0.29) is 57.7 Å². The molecule has 0 radical (unpaired) electrons. The van der Waals surface area contributed by atoms with Crippen molar-refractivity contribution in [3.63, 3.8) is 0 Å². The van der Waals surface area contributed by atoms with E-state index in [2.05, 4.69) is 0 Å². The molecule has 0 aliphatic heterocycles. The number of hydrogen-bond acceptors (Lipinski definition) is 10. The first-order chi connectivity index (χ1) is 29.4. The normalized spacial score (nSPS) is 13.3. The van der Waals surface area contributed by atoms with Crippen LogP contribution in [0.2, 0.25) is 0 Å². The van der Waals surface area contributed by atoms with E-state index in [1.807, 2.05) is 0 Å². The first-order valence-electron chi connectivity index (χ1n) is 17.5. The Balaban J connectivity index is 1.46. The molecule has 0 atom stereocenters. The maximum atomic E-state index is 14.9. The van der Waals surface area contributed by atoms with Crippen molar-refractivity contribution in [3.8, 4) is 34.4 Å². The number of phenols is 4. The highest BCUT2D eigenvalue weighted by atomic mass is 19.4. The molecule has 0 saturated heterocycles. The lowest BCUT2D eigenvalue weighted by Crippen LogP contribution is -2.54. The summed E-state index contributed by atoms with van der Waals surface area (Å²) in [5.41, 5.74) is -16.7. The molecule has 7 aromatic rings. The van der Waals surface area contributed by atoms with Crippen LogP contribution in [0.5, 0.6) is 23.0 Å². The average Bonchev–Trinajstić information content (AvgIpc) is 3.56. The number of alkyl halides is 12. The molecule has 0 bridgehead atoms. The van der Waals surface area contributed by atoms with E-state index in [0.717, 1.165) is 0 Å². The van der Waals surface area contributed by atoms with Crippen LogP contribution < -0.4 is 33.7 Å². The van der Waals surface area contributed by atoms with Crippen molar-refractivity contribution in [2.45, 2.75) is 35.5 Å². The van der Waals surface area contributed by atoms with Gasteiger partial charge in [-0.1, -0.05) is 24.3 Å². The van der Waals surface area contributed by atoms with Crippen LogP contribution in [0.1, 0.15) is 22.3 Å². The number of phenolic OH excluding ortho intramolecular Hbond substituents is 4. The molecular formula is C40H22F12N4O8. The molecule has 334 valence electrons. The molecule has 7 rings (SSSR count). The Morgan fingerprint density at radius 3 is 0.828 bits per heavy atom. The van der Waals surface area contributed by atoms with Gasteiger partial charge in [-0.15, -0.1) is 0 Å². The van der Waals surface area contributed by atoms with Crippen LogP contribution in [0.25, 0.3) is 32.9 Å². The number of nitrogens with zero attached hydrogens (tertiary/aromatic N) is 2.